The van der Waals surface area contributed by atoms with Gasteiger partial charge in [-0.15, -0.1) is 11.3 Å². The van der Waals surface area contributed by atoms with Gasteiger partial charge in [-0.25, -0.2) is 4.98 Å². The summed E-state index contributed by atoms with van der Waals surface area (Å²) in [5, 5.41) is 14.9. The lowest BCUT2D eigenvalue weighted by Gasteiger charge is -2.30. The monoisotopic (exact) mass is 328 g/mol. The number of ether oxygens (including phenoxy) is 1. The molecule has 2 amide bonds. The third-order valence-corrected chi connectivity index (χ3v) is 3.90. The molecule has 1 atom stereocenters. The number of aliphatic hydroxyl groups is 1. The van der Waals surface area contributed by atoms with Crippen LogP contribution < -0.4 is 11.1 Å². The molecule has 0 radical (unpaired) electrons. The third-order valence-electron chi connectivity index (χ3n) is 3.32. The van der Waals surface area contributed by atoms with Crippen molar-refractivity contribution in [3.05, 3.63) is 16.6 Å². The van der Waals surface area contributed by atoms with Crippen LogP contribution in [0, 0.1) is 0 Å². The van der Waals surface area contributed by atoms with Gasteiger partial charge in [-0.2, -0.15) is 0 Å². The second-order valence-electron chi connectivity index (χ2n) is 5.19. The number of nitrogens with one attached hydrogen (secondary N) is 1. The van der Waals surface area contributed by atoms with Crippen LogP contribution in [0.1, 0.15) is 16.9 Å². The number of aromatic nitrogens is 1. The van der Waals surface area contributed by atoms with Crippen LogP contribution in [0.4, 0.5) is 0 Å². The van der Waals surface area contributed by atoms with Crippen molar-refractivity contribution in [1.82, 2.24) is 15.2 Å². The molecule has 1 aliphatic heterocycles. The Morgan fingerprint density at radius 2 is 2.41 bits per heavy atom. The van der Waals surface area contributed by atoms with Gasteiger partial charge in [0.05, 0.1) is 31.8 Å². The molecule has 0 aromatic carbocycles. The standard InChI is InChI=1S/C13H20N4O4S/c14-2-1-11(18)17-3-4-21-8-13(20,7-17)6-15-12(19)10-5-22-9-16-10/h5,9,20H,1-4,6-8,14H2,(H,15,19)/t13-/m0/s1. The van der Waals surface area contributed by atoms with Gasteiger partial charge in [0, 0.05) is 24.9 Å². The Labute approximate surface area is 132 Å². The number of thiazole rings is 1. The minimum absolute atomic E-state index is 0.0181. The molecule has 0 saturated carbocycles. The number of carbonyl (C=O) groups excluding carboxylic acids is 2. The summed E-state index contributed by atoms with van der Waals surface area (Å²) in [7, 11) is 0. The number of carbonyl (C=O) groups is 2. The van der Waals surface area contributed by atoms with Crippen LogP contribution in [0.3, 0.4) is 0 Å². The number of nitrogens with zero attached hydrogens (tertiary/aromatic N) is 2. The zero-order valence-corrected chi connectivity index (χ0v) is 13.0. The maximum Gasteiger partial charge on any atom is 0.270 e. The van der Waals surface area contributed by atoms with Crippen LogP contribution in [-0.4, -0.2) is 71.8 Å². The second kappa shape index (κ2) is 7.63. The van der Waals surface area contributed by atoms with Crippen LogP contribution in [0.15, 0.2) is 10.9 Å². The number of rotatable bonds is 5. The lowest BCUT2D eigenvalue weighted by molar-refractivity contribution is -0.133. The molecule has 1 aromatic heterocycles. The van der Waals surface area contributed by atoms with E-state index in [4.69, 9.17) is 10.5 Å². The quantitative estimate of drug-likeness (QED) is 0.626. The fraction of sp³-hybridized carbons (Fsp3) is 0.615. The van der Waals surface area contributed by atoms with Gasteiger partial charge in [0.25, 0.3) is 5.91 Å². The Kier molecular flexibility index (Phi) is 5.83. The Bertz CT molecular complexity index is 510. The summed E-state index contributed by atoms with van der Waals surface area (Å²) in [6.07, 6.45) is 0.223. The number of nitrogens with two attached hydrogens (primary N) is 1. The molecule has 1 aromatic rings. The van der Waals surface area contributed by atoms with Crippen molar-refractivity contribution in [2.45, 2.75) is 12.0 Å². The van der Waals surface area contributed by atoms with Crippen molar-refractivity contribution in [2.75, 3.05) is 39.4 Å². The average molecular weight is 328 g/mol. The van der Waals surface area contributed by atoms with Crippen LogP contribution in [-0.2, 0) is 9.53 Å². The molecule has 2 rings (SSSR count). The van der Waals surface area contributed by atoms with Gasteiger partial charge in [-0.3, -0.25) is 9.59 Å². The van der Waals surface area contributed by atoms with Gasteiger partial charge in [-0.05, 0) is 0 Å². The zero-order valence-electron chi connectivity index (χ0n) is 12.2. The summed E-state index contributed by atoms with van der Waals surface area (Å²) in [5.41, 5.74) is 5.93. The lowest BCUT2D eigenvalue weighted by atomic mass is 10.0. The molecule has 22 heavy (non-hydrogen) atoms. The highest BCUT2D eigenvalue weighted by Crippen LogP contribution is 2.13. The van der Waals surface area contributed by atoms with Gasteiger partial charge >= 0.3 is 0 Å². The first-order valence-electron chi connectivity index (χ1n) is 6.98. The van der Waals surface area contributed by atoms with E-state index in [2.05, 4.69) is 10.3 Å². The van der Waals surface area contributed by atoms with Crippen LogP contribution in [0.5, 0.6) is 0 Å². The molecule has 8 nitrogen and oxygen atoms in total. The van der Waals surface area contributed by atoms with E-state index < -0.39 is 5.60 Å². The molecule has 0 bridgehead atoms. The first kappa shape index (κ1) is 16.8. The van der Waals surface area contributed by atoms with Crippen molar-refractivity contribution in [3.63, 3.8) is 0 Å². The molecule has 1 saturated heterocycles. The van der Waals surface area contributed by atoms with Crippen LogP contribution in [0.2, 0.25) is 0 Å². The molecule has 4 N–H and O–H groups in total. The highest BCUT2D eigenvalue weighted by molar-refractivity contribution is 7.07. The number of β-amino-alcohol motifs (C(OH)–C–C–N with tert-alkyl or cyclic N) is 1. The molecule has 122 valence electrons. The summed E-state index contributed by atoms with van der Waals surface area (Å²) in [6, 6.07) is 0. The van der Waals surface area contributed by atoms with Gasteiger partial charge in [0.2, 0.25) is 5.91 Å². The molecular weight excluding hydrogens is 308 g/mol. The van der Waals surface area contributed by atoms with Gasteiger partial charge in [-0.1, -0.05) is 0 Å². The largest absolute Gasteiger partial charge is 0.384 e. The number of amides is 2. The SMILES string of the molecule is NCCC(=O)N1CCOC[C@](O)(CNC(=O)c2cscn2)C1. The van der Waals surface area contributed by atoms with Crippen LogP contribution >= 0.6 is 11.3 Å². The Balaban J connectivity index is 1.94. The minimum atomic E-state index is -1.33. The van der Waals surface area contributed by atoms with Crippen molar-refractivity contribution >= 4 is 23.2 Å². The van der Waals surface area contributed by atoms with E-state index in [1.165, 1.54) is 16.2 Å². The van der Waals surface area contributed by atoms with E-state index in [1.807, 2.05) is 0 Å². The summed E-state index contributed by atoms with van der Waals surface area (Å²) in [5.74, 6) is -0.490. The molecule has 0 unspecified atom stereocenters. The fourth-order valence-electron chi connectivity index (χ4n) is 2.18. The maximum absolute atomic E-state index is 11.9. The lowest BCUT2D eigenvalue weighted by Crippen LogP contribution is -2.53. The van der Waals surface area contributed by atoms with E-state index in [0.717, 1.165) is 0 Å². The minimum Gasteiger partial charge on any atom is -0.384 e. The molecule has 1 aliphatic rings. The predicted molar refractivity (Wildman–Crippen MR) is 80.5 cm³/mol. The normalized spacial score (nSPS) is 22.2. The molecule has 9 heteroatoms. The van der Waals surface area contributed by atoms with E-state index in [1.54, 1.807) is 10.9 Å². The maximum atomic E-state index is 11.9. The fourth-order valence-corrected chi connectivity index (χ4v) is 2.71. The topological polar surface area (TPSA) is 118 Å². The molecule has 1 fully saturated rings. The summed E-state index contributed by atoms with van der Waals surface area (Å²) < 4.78 is 5.35. The smallest absolute Gasteiger partial charge is 0.270 e. The Morgan fingerprint density at radius 1 is 1.59 bits per heavy atom. The van der Waals surface area contributed by atoms with Gasteiger partial charge in [0.15, 0.2) is 0 Å². The molecule has 0 spiro atoms. The molecule has 0 aliphatic carbocycles. The van der Waals surface area contributed by atoms with E-state index in [0.29, 0.717) is 18.8 Å². The highest BCUT2D eigenvalue weighted by atomic mass is 32.1. The number of hydrogen-bond acceptors (Lipinski definition) is 7. The van der Waals surface area contributed by atoms with Crippen LogP contribution in [0.25, 0.3) is 0 Å². The third kappa shape index (κ3) is 4.47. The second-order valence-corrected chi connectivity index (χ2v) is 5.91. The van der Waals surface area contributed by atoms with Crippen molar-refractivity contribution < 1.29 is 19.4 Å². The van der Waals surface area contributed by atoms with E-state index >= 15 is 0 Å². The van der Waals surface area contributed by atoms with Gasteiger partial charge in [0.1, 0.15) is 11.3 Å². The highest BCUT2D eigenvalue weighted by Gasteiger charge is 2.34. The van der Waals surface area contributed by atoms with Crippen molar-refractivity contribution in [3.8, 4) is 0 Å². The first-order chi connectivity index (χ1) is 10.5. The first-order valence-corrected chi connectivity index (χ1v) is 7.93. The Hall–Kier alpha value is -1.55. The van der Waals surface area contributed by atoms with E-state index in [9.17, 15) is 14.7 Å². The predicted octanol–water partition coefficient (Wildman–Crippen LogP) is -1.19. The molecular formula is C13H20N4O4S. The van der Waals surface area contributed by atoms with Crippen molar-refractivity contribution in [1.29, 1.82) is 0 Å². The number of hydrogen-bond donors (Lipinski definition) is 3. The van der Waals surface area contributed by atoms with Gasteiger partial charge < -0.3 is 25.8 Å². The summed E-state index contributed by atoms with van der Waals surface area (Å²) in [6.45, 7) is 1.14. The molecule has 2 heterocycles. The Morgan fingerprint density at radius 3 is 3.09 bits per heavy atom. The average Bonchev–Trinajstić information content (AvgIpc) is 2.96. The van der Waals surface area contributed by atoms with E-state index in [-0.39, 0.29) is 44.5 Å². The zero-order chi connectivity index (χ0) is 16.0. The summed E-state index contributed by atoms with van der Waals surface area (Å²) >= 11 is 1.32. The van der Waals surface area contributed by atoms with Crippen molar-refractivity contribution in [2.24, 2.45) is 5.73 Å². The summed E-state index contributed by atoms with van der Waals surface area (Å²) in [4.78, 5) is 29.3.